The fraction of sp³-hybridized carbons (Fsp3) is 0.778. The van der Waals surface area contributed by atoms with E-state index in [-0.39, 0.29) is 17.1 Å². The third-order valence-electron chi connectivity index (χ3n) is 5.59. The first kappa shape index (κ1) is 20.9. The zero-order valence-electron chi connectivity index (χ0n) is 16.9. The molecule has 2 rings (SSSR count). The molecule has 1 fully saturated rings. The summed E-state index contributed by atoms with van der Waals surface area (Å²) < 4.78 is 6.27. The van der Waals surface area contributed by atoms with E-state index in [0.717, 1.165) is 18.4 Å². The minimum atomic E-state index is -1.98. The number of rotatable bonds is 8. The Morgan fingerprint density at radius 3 is 2.58 bits per heavy atom. The Balaban J connectivity index is 2.18. The number of carbonyl (C=O) groups excluding carboxylic acids is 2. The predicted molar refractivity (Wildman–Crippen MR) is 103 cm³/mol. The van der Waals surface area contributed by atoms with Crippen molar-refractivity contribution in [1.29, 1.82) is 0 Å². The topological polar surface area (TPSA) is 85.1 Å². The van der Waals surface area contributed by atoms with Gasteiger partial charge in [0, 0.05) is 0 Å². The van der Waals surface area contributed by atoms with Gasteiger partial charge in [0.2, 0.25) is 5.91 Å². The average Bonchev–Trinajstić information content (AvgIpc) is 2.76. The van der Waals surface area contributed by atoms with E-state index in [1.54, 1.807) is 0 Å². The van der Waals surface area contributed by atoms with Gasteiger partial charge in [0.15, 0.2) is 8.32 Å². The van der Waals surface area contributed by atoms with Crippen molar-refractivity contribution in [3.05, 3.63) is 11.6 Å². The second kappa shape index (κ2) is 7.70. The van der Waals surface area contributed by atoms with Crippen molar-refractivity contribution in [2.45, 2.75) is 70.8 Å². The van der Waals surface area contributed by atoms with Gasteiger partial charge in [-0.05, 0) is 30.1 Å². The Morgan fingerprint density at radius 1 is 1.38 bits per heavy atom. The van der Waals surface area contributed by atoms with Crippen molar-refractivity contribution in [3.8, 4) is 0 Å². The number of urea groups is 1. The van der Waals surface area contributed by atoms with E-state index in [1.165, 1.54) is 9.96 Å². The predicted octanol–water partition coefficient (Wildman–Crippen LogP) is 2.64. The van der Waals surface area contributed by atoms with Crippen molar-refractivity contribution in [2.24, 2.45) is 5.73 Å². The maximum absolute atomic E-state index is 12.7. The van der Waals surface area contributed by atoms with Crippen LogP contribution >= 0.6 is 0 Å². The maximum atomic E-state index is 12.7. The summed E-state index contributed by atoms with van der Waals surface area (Å²) >= 11 is 0. The highest BCUT2D eigenvalue weighted by molar-refractivity contribution is 6.74. The largest absolute Gasteiger partial charge is 0.413 e. The summed E-state index contributed by atoms with van der Waals surface area (Å²) in [5.41, 5.74) is 6.38. The van der Waals surface area contributed by atoms with Gasteiger partial charge in [-0.25, -0.2) is 4.79 Å². The molecule has 1 saturated heterocycles. The number of carbonyl (C=O) groups is 2. The molecule has 0 saturated carbocycles. The summed E-state index contributed by atoms with van der Waals surface area (Å²) in [5, 5.41) is 1.44. The summed E-state index contributed by atoms with van der Waals surface area (Å²) in [6.07, 6.45) is 3.79. The Kier molecular flexibility index (Phi) is 6.19. The highest BCUT2D eigenvalue weighted by atomic mass is 28.4. The summed E-state index contributed by atoms with van der Waals surface area (Å²) in [6, 6.07) is -1.26. The molecule has 2 heterocycles. The number of fused-ring (bicyclic) bond motifs is 2. The lowest BCUT2D eigenvalue weighted by molar-refractivity contribution is -0.123. The van der Waals surface area contributed by atoms with Gasteiger partial charge in [-0.3, -0.25) is 9.63 Å². The molecule has 8 heteroatoms. The molecule has 0 aromatic heterocycles. The van der Waals surface area contributed by atoms with Crippen molar-refractivity contribution < 1.29 is 18.9 Å². The zero-order valence-corrected chi connectivity index (χ0v) is 17.9. The number of hydrogen-bond acceptors (Lipinski definition) is 4. The third-order valence-corrected chi connectivity index (χ3v) is 10.1. The molecule has 2 N–H and O–H groups in total. The molecular formula is C18H33N3O4Si. The van der Waals surface area contributed by atoms with E-state index < -0.39 is 20.3 Å². The minimum Gasteiger partial charge on any atom is -0.413 e. The Bertz CT molecular complexity index is 585. The summed E-state index contributed by atoms with van der Waals surface area (Å²) in [7, 11) is -1.98. The van der Waals surface area contributed by atoms with Crippen LogP contribution in [0.3, 0.4) is 0 Å². The van der Waals surface area contributed by atoms with Crippen molar-refractivity contribution in [1.82, 2.24) is 9.96 Å². The molecule has 26 heavy (non-hydrogen) atoms. The number of amides is 3. The van der Waals surface area contributed by atoms with E-state index in [9.17, 15) is 9.59 Å². The SMILES string of the molecule is CCCCON1C(=O)N2C[C@@H]1C=C(CO[Si](C)(C)C(C)(C)C)[C@H]2C(N)=O. The minimum absolute atomic E-state index is 0.0643. The van der Waals surface area contributed by atoms with Crippen LogP contribution in [0.4, 0.5) is 4.79 Å². The third kappa shape index (κ3) is 4.13. The standard InChI is InChI=1S/C18H33N3O4Si/c1-7-8-9-24-21-14-10-13(12-25-26(5,6)18(2,3)4)15(16(19)22)20(11-14)17(21)23/h10,14-15H,7-9,11-12H2,1-6H3,(H2,19,22)/t14-,15-/m0/s1. The fourth-order valence-electron chi connectivity index (χ4n) is 2.90. The molecule has 148 valence electrons. The number of hydrogen-bond donors (Lipinski definition) is 1. The molecule has 3 amide bonds. The lowest BCUT2D eigenvalue weighted by atomic mass is 9.99. The van der Waals surface area contributed by atoms with Crippen LogP contribution in [0.15, 0.2) is 11.6 Å². The fourth-order valence-corrected chi connectivity index (χ4v) is 3.86. The van der Waals surface area contributed by atoms with Crippen molar-refractivity contribution >= 4 is 20.3 Å². The molecule has 2 aliphatic heterocycles. The second-order valence-electron chi connectivity index (χ2n) is 8.61. The first-order valence-corrected chi connectivity index (χ1v) is 12.3. The first-order valence-electron chi connectivity index (χ1n) is 9.36. The van der Waals surface area contributed by atoms with Gasteiger partial charge < -0.3 is 15.1 Å². The first-order chi connectivity index (χ1) is 12.0. The molecule has 0 aliphatic carbocycles. The molecule has 0 unspecified atom stereocenters. The van der Waals surface area contributed by atoms with Gasteiger partial charge in [0.25, 0.3) is 0 Å². The Morgan fingerprint density at radius 2 is 2.04 bits per heavy atom. The van der Waals surface area contributed by atoms with Crippen LogP contribution in [0.5, 0.6) is 0 Å². The normalized spacial score (nSPS) is 23.5. The van der Waals surface area contributed by atoms with Crippen LogP contribution in [-0.4, -0.2) is 62.1 Å². The van der Waals surface area contributed by atoms with E-state index in [1.807, 2.05) is 6.08 Å². The number of hydroxylamine groups is 2. The van der Waals surface area contributed by atoms with Crippen LogP contribution in [0.2, 0.25) is 18.1 Å². The quantitative estimate of drug-likeness (QED) is 0.397. The maximum Gasteiger partial charge on any atom is 0.345 e. The van der Waals surface area contributed by atoms with Crippen molar-refractivity contribution in [2.75, 3.05) is 19.8 Å². The monoisotopic (exact) mass is 383 g/mol. The highest BCUT2D eigenvalue weighted by Gasteiger charge is 2.48. The average molecular weight is 384 g/mol. The van der Waals surface area contributed by atoms with Crippen LogP contribution in [0, 0.1) is 0 Å². The molecule has 2 atom stereocenters. The van der Waals surface area contributed by atoms with Gasteiger partial charge >= 0.3 is 6.03 Å². The van der Waals surface area contributed by atoms with E-state index in [4.69, 9.17) is 15.0 Å². The number of nitrogens with two attached hydrogens (primary N) is 1. The summed E-state index contributed by atoms with van der Waals surface area (Å²) in [5.74, 6) is -0.530. The van der Waals surface area contributed by atoms with E-state index in [0.29, 0.717) is 19.8 Å². The molecular weight excluding hydrogens is 350 g/mol. The van der Waals surface area contributed by atoms with Gasteiger partial charge in [-0.2, -0.15) is 5.06 Å². The number of nitrogens with zero attached hydrogens (tertiary/aromatic N) is 2. The summed E-state index contributed by atoms with van der Waals surface area (Å²) in [6.45, 7) is 14.1. The van der Waals surface area contributed by atoms with Crippen molar-refractivity contribution in [3.63, 3.8) is 0 Å². The second-order valence-corrected chi connectivity index (χ2v) is 13.4. The van der Waals surface area contributed by atoms with Gasteiger partial charge in [0.05, 0.1) is 25.8 Å². The smallest absolute Gasteiger partial charge is 0.345 e. The lowest BCUT2D eigenvalue weighted by Gasteiger charge is -2.38. The summed E-state index contributed by atoms with van der Waals surface area (Å²) in [4.78, 5) is 31.9. The number of primary amides is 1. The van der Waals surface area contributed by atoms with Crippen LogP contribution in [0.25, 0.3) is 0 Å². The number of unbranched alkanes of at least 4 members (excludes halogenated alkanes) is 1. The Labute approximate surface area is 157 Å². The zero-order chi connectivity index (χ0) is 19.7. The lowest BCUT2D eigenvalue weighted by Crippen LogP contribution is -2.50. The molecule has 7 nitrogen and oxygen atoms in total. The molecule has 0 aromatic carbocycles. The van der Waals surface area contributed by atoms with Crippen LogP contribution < -0.4 is 5.73 Å². The molecule has 0 spiro atoms. The van der Waals surface area contributed by atoms with Gasteiger partial charge in [0.1, 0.15) is 6.04 Å². The Hall–Kier alpha value is -1.38. The molecule has 0 radical (unpaired) electrons. The molecule has 2 aliphatic rings. The van der Waals surface area contributed by atoms with Crippen LogP contribution in [-0.2, 0) is 14.1 Å². The van der Waals surface area contributed by atoms with Gasteiger partial charge in [-0.1, -0.05) is 40.2 Å². The molecule has 0 aromatic rings. The van der Waals surface area contributed by atoms with Crippen LogP contribution in [0.1, 0.15) is 40.5 Å². The highest BCUT2D eigenvalue weighted by Crippen LogP contribution is 2.38. The van der Waals surface area contributed by atoms with Gasteiger partial charge in [-0.15, -0.1) is 0 Å². The molecule has 2 bridgehead atoms. The van der Waals surface area contributed by atoms with E-state index in [2.05, 4.69) is 40.8 Å². The van der Waals surface area contributed by atoms with E-state index >= 15 is 0 Å².